The summed E-state index contributed by atoms with van der Waals surface area (Å²) in [6, 6.07) is 9.48. The predicted molar refractivity (Wildman–Crippen MR) is 58.1 cm³/mol. The summed E-state index contributed by atoms with van der Waals surface area (Å²) >= 11 is 0. The molecule has 1 unspecified atom stereocenters. The molecule has 0 radical (unpaired) electrons. The first-order valence-corrected chi connectivity index (χ1v) is 4.64. The van der Waals surface area contributed by atoms with Crippen LogP contribution >= 0.6 is 0 Å². The molecule has 0 heterocycles. The Morgan fingerprint density at radius 3 is 2.53 bits per heavy atom. The van der Waals surface area contributed by atoms with E-state index in [1.165, 1.54) is 7.11 Å². The van der Waals surface area contributed by atoms with E-state index in [2.05, 4.69) is 4.74 Å². The lowest BCUT2D eigenvalue weighted by molar-refractivity contribution is -0.148. The molecular formula is C12H14O3. The molecule has 0 aliphatic carbocycles. The zero-order valence-corrected chi connectivity index (χ0v) is 8.81. The van der Waals surface area contributed by atoms with Crippen LogP contribution in [0.5, 0.6) is 0 Å². The summed E-state index contributed by atoms with van der Waals surface area (Å²) in [4.78, 5) is 11.0. The summed E-state index contributed by atoms with van der Waals surface area (Å²) in [6.07, 6.45) is 0.567. The Morgan fingerprint density at radius 1 is 1.40 bits per heavy atom. The maximum absolute atomic E-state index is 11.0. The first-order chi connectivity index (χ1) is 7.15. The van der Waals surface area contributed by atoms with Crippen LogP contribution in [0.4, 0.5) is 0 Å². The molecule has 0 aliphatic heterocycles. The van der Waals surface area contributed by atoms with Crippen LogP contribution in [0, 0.1) is 0 Å². The first kappa shape index (κ1) is 11.5. The maximum Gasteiger partial charge on any atom is 0.339 e. The Balaban J connectivity index is 2.80. The largest absolute Gasteiger partial charge is 0.467 e. The Kier molecular flexibility index (Phi) is 4.06. The lowest BCUT2D eigenvalue weighted by Crippen LogP contribution is -2.22. The third-order valence-electron chi connectivity index (χ3n) is 2.05. The van der Waals surface area contributed by atoms with E-state index in [1.54, 1.807) is 13.0 Å². The number of carbonyl (C=O) groups excluding carboxylic acids is 1. The van der Waals surface area contributed by atoms with Gasteiger partial charge in [-0.2, -0.15) is 0 Å². The van der Waals surface area contributed by atoms with E-state index in [0.717, 1.165) is 5.56 Å². The molecular weight excluding hydrogens is 192 g/mol. The number of aliphatic hydroxyl groups is 1. The summed E-state index contributed by atoms with van der Waals surface area (Å²) in [6.45, 7) is 1.69. The van der Waals surface area contributed by atoms with Crippen LogP contribution in [-0.2, 0) is 9.53 Å². The van der Waals surface area contributed by atoms with E-state index >= 15 is 0 Å². The fourth-order valence-corrected chi connectivity index (χ4v) is 1.19. The highest BCUT2D eigenvalue weighted by molar-refractivity contribution is 5.79. The topological polar surface area (TPSA) is 46.5 Å². The quantitative estimate of drug-likeness (QED) is 0.764. The Bertz CT molecular complexity index is 354. The lowest BCUT2D eigenvalue weighted by Gasteiger charge is -2.08. The summed E-state index contributed by atoms with van der Waals surface area (Å²) in [5, 5.41) is 9.50. The van der Waals surface area contributed by atoms with Gasteiger partial charge >= 0.3 is 5.97 Å². The van der Waals surface area contributed by atoms with E-state index in [-0.39, 0.29) is 0 Å². The third kappa shape index (κ3) is 3.22. The standard InChI is InChI=1S/C12H14O3/c1-9(11(13)12(14)15-2)8-10-6-4-3-5-7-10/h3-8,11,13H,1-2H3/b9-8+. The number of hydrogen-bond donors (Lipinski definition) is 1. The number of aliphatic hydroxyl groups excluding tert-OH is 1. The Morgan fingerprint density at radius 2 is 2.00 bits per heavy atom. The van der Waals surface area contributed by atoms with Gasteiger partial charge in [0.25, 0.3) is 0 Å². The summed E-state index contributed by atoms with van der Waals surface area (Å²) in [5.41, 5.74) is 1.51. The molecule has 3 nitrogen and oxygen atoms in total. The van der Waals surface area contributed by atoms with Gasteiger partial charge in [-0.1, -0.05) is 36.4 Å². The van der Waals surface area contributed by atoms with Gasteiger partial charge in [-0.3, -0.25) is 0 Å². The van der Waals surface area contributed by atoms with Crippen LogP contribution in [0.1, 0.15) is 12.5 Å². The van der Waals surface area contributed by atoms with Crippen LogP contribution in [-0.4, -0.2) is 24.3 Å². The average molecular weight is 206 g/mol. The van der Waals surface area contributed by atoms with Crippen molar-refractivity contribution in [3.8, 4) is 0 Å². The van der Waals surface area contributed by atoms with Crippen LogP contribution in [0.25, 0.3) is 6.08 Å². The molecule has 1 aromatic rings. The molecule has 0 aromatic heterocycles. The highest BCUT2D eigenvalue weighted by Gasteiger charge is 2.16. The second-order valence-electron chi connectivity index (χ2n) is 3.22. The highest BCUT2D eigenvalue weighted by Crippen LogP contribution is 2.10. The molecule has 0 spiro atoms. The maximum atomic E-state index is 11.0. The van der Waals surface area contributed by atoms with E-state index in [0.29, 0.717) is 5.57 Å². The molecule has 1 atom stereocenters. The number of hydrogen-bond acceptors (Lipinski definition) is 3. The minimum Gasteiger partial charge on any atom is -0.467 e. The molecule has 80 valence electrons. The summed E-state index contributed by atoms with van der Waals surface area (Å²) < 4.78 is 4.44. The van der Waals surface area contributed by atoms with E-state index in [1.807, 2.05) is 30.3 Å². The molecule has 0 amide bonds. The molecule has 0 fully saturated rings. The lowest BCUT2D eigenvalue weighted by atomic mass is 10.1. The van der Waals surface area contributed by atoms with Crippen molar-refractivity contribution >= 4 is 12.0 Å². The Hall–Kier alpha value is -1.61. The molecule has 0 saturated heterocycles. The highest BCUT2D eigenvalue weighted by atomic mass is 16.5. The van der Waals surface area contributed by atoms with Crippen molar-refractivity contribution in [1.82, 2.24) is 0 Å². The van der Waals surface area contributed by atoms with Crippen LogP contribution in [0.3, 0.4) is 0 Å². The number of esters is 1. The van der Waals surface area contributed by atoms with E-state index in [9.17, 15) is 9.90 Å². The predicted octanol–water partition coefficient (Wildman–Crippen LogP) is 1.62. The molecule has 0 aliphatic rings. The van der Waals surface area contributed by atoms with Gasteiger partial charge in [0.1, 0.15) is 0 Å². The van der Waals surface area contributed by atoms with Gasteiger partial charge in [0.05, 0.1) is 7.11 Å². The van der Waals surface area contributed by atoms with Gasteiger partial charge < -0.3 is 9.84 Å². The fourth-order valence-electron chi connectivity index (χ4n) is 1.19. The average Bonchev–Trinajstić information content (AvgIpc) is 2.28. The molecule has 1 rings (SSSR count). The van der Waals surface area contributed by atoms with Gasteiger partial charge in [-0.05, 0) is 18.1 Å². The number of carbonyl (C=O) groups is 1. The van der Waals surface area contributed by atoms with Crippen molar-refractivity contribution in [2.75, 3.05) is 7.11 Å². The van der Waals surface area contributed by atoms with Crippen molar-refractivity contribution in [1.29, 1.82) is 0 Å². The van der Waals surface area contributed by atoms with Gasteiger partial charge in [-0.15, -0.1) is 0 Å². The van der Waals surface area contributed by atoms with Crippen LogP contribution in [0.2, 0.25) is 0 Å². The monoisotopic (exact) mass is 206 g/mol. The van der Waals surface area contributed by atoms with Gasteiger partial charge in [-0.25, -0.2) is 4.79 Å². The van der Waals surface area contributed by atoms with Gasteiger partial charge in [0.2, 0.25) is 0 Å². The fraction of sp³-hybridized carbons (Fsp3) is 0.250. The van der Waals surface area contributed by atoms with Gasteiger partial charge in [0, 0.05) is 0 Å². The van der Waals surface area contributed by atoms with Crippen molar-refractivity contribution in [2.24, 2.45) is 0 Å². The van der Waals surface area contributed by atoms with Crippen molar-refractivity contribution < 1.29 is 14.6 Å². The number of ether oxygens (including phenoxy) is 1. The smallest absolute Gasteiger partial charge is 0.339 e. The molecule has 1 N–H and O–H groups in total. The molecule has 15 heavy (non-hydrogen) atoms. The first-order valence-electron chi connectivity index (χ1n) is 4.64. The summed E-state index contributed by atoms with van der Waals surface area (Å²) in [7, 11) is 1.25. The third-order valence-corrected chi connectivity index (χ3v) is 2.05. The minimum atomic E-state index is -1.18. The molecule has 1 aromatic carbocycles. The molecule has 3 heteroatoms. The van der Waals surface area contributed by atoms with Gasteiger partial charge in [0.15, 0.2) is 6.10 Å². The zero-order chi connectivity index (χ0) is 11.3. The van der Waals surface area contributed by atoms with Crippen molar-refractivity contribution in [3.05, 3.63) is 41.5 Å². The number of rotatable bonds is 3. The number of methoxy groups -OCH3 is 1. The van der Waals surface area contributed by atoms with Crippen molar-refractivity contribution in [3.63, 3.8) is 0 Å². The second kappa shape index (κ2) is 5.32. The van der Waals surface area contributed by atoms with Crippen molar-refractivity contribution in [2.45, 2.75) is 13.0 Å². The molecule has 0 saturated carbocycles. The number of benzene rings is 1. The van der Waals surface area contributed by atoms with E-state index < -0.39 is 12.1 Å². The van der Waals surface area contributed by atoms with Crippen LogP contribution in [0.15, 0.2) is 35.9 Å². The Labute approximate surface area is 89.0 Å². The SMILES string of the molecule is COC(=O)C(O)/C(C)=C/c1ccccc1. The second-order valence-corrected chi connectivity index (χ2v) is 3.22. The molecule has 0 bridgehead atoms. The summed E-state index contributed by atoms with van der Waals surface area (Å²) in [5.74, 6) is -0.639. The van der Waals surface area contributed by atoms with Crippen LogP contribution < -0.4 is 0 Å². The normalized spacial score (nSPS) is 13.4. The zero-order valence-electron chi connectivity index (χ0n) is 8.81. The minimum absolute atomic E-state index is 0.563. The van der Waals surface area contributed by atoms with E-state index in [4.69, 9.17) is 0 Å².